The number of benzene rings is 2. The standard InChI is InChI=1S/C24H22ClN5O2/c1-31-23-19-21(26-20(16-10-4-2-5-11-16)17-12-6-3-7-13-17)29-30(18-14-8-9-15-32-18)22(19)27-24(25)28-23/h2-7,10-13,18H,8-9,14-15H2,1H3. The Morgan fingerprint density at radius 2 is 1.72 bits per heavy atom. The lowest BCUT2D eigenvalue weighted by Crippen LogP contribution is -2.19. The maximum absolute atomic E-state index is 6.20. The van der Waals surface area contributed by atoms with Gasteiger partial charge in [-0.3, -0.25) is 0 Å². The Kier molecular flexibility index (Phi) is 5.83. The molecule has 2 aromatic heterocycles. The molecule has 0 radical (unpaired) electrons. The molecule has 4 aromatic rings. The summed E-state index contributed by atoms with van der Waals surface area (Å²) in [6, 6.07) is 20.0. The lowest BCUT2D eigenvalue weighted by atomic mass is 10.0. The van der Waals surface area contributed by atoms with Gasteiger partial charge in [-0.05, 0) is 30.9 Å². The molecule has 1 unspecified atom stereocenters. The molecule has 7 nitrogen and oxygen atoms in total. The maximum Gasteiger partial charge on any atom is 0.231 e. The van der Waals surface area contributed by atoms with E-state index in [9.17, 15) is 0 Å². The van der Waals surface area contributed by atoms with Crippen LogP contribution in [0.3, 0.4) is 0 Å². The average Bonchev–Trinajstić information content (AvgIpc) is 3.21. The highest BCUT2D eigenvalue weighted by molar-refractivity contribution is 6.28. The van der Waals surface area contributed by atoms with Crippen molar-refractivity contribution in [2.24, 2.45) is 4.99 Å². The fraction of sp³-hybridized carbons (Fsp3) is 0.250. The second kappa shape index (κ2) is 9.06. The van der Waals surface area contributed by atoms with Crippen LogP contribution in [0.2, 0.25) is 5.28 Å². The Labute approximate surface area is 190 Å². The smallest absolute Gasteiger partial charge is 0.231 e. The van der Waals surface area contributed by atoms with E-state index < -0.39 is 0 Å². The van der Waals surface area contributed by atoms with Gasteiger partial charge in [0.2, 0.25) is 11.2 Å². The van der Waals surface area contributed by atoms with Gasteiger partial charge < -0.3 is 9.47 Å². The summed E-state index contributed by atoms with van der Waals surface area (Å²) in [5.41, 5.74) is 3.29. The van der Waals surface area contributed by atoms with Crippen LogP contribution < -0.4 is 4.74 Å². The predicted molar refractivity (Wildman–Crippen MR) is 124 cm³/mol. The summed E-state index contributed by atoms with van der Waals surface area (Å²) in [4.78, 5) is 13.7. The molecule has 32 heavy (non-hydrogen) atoms. The fourth-order valence-electron chi connectivity index (χ4n) is 3.90. The summed E-state index contributed by atoms with van der Waals surface area (Å²) in [7, 11) is 1.55. The van der Waals surface area contributed by atoms with Gasteiger partial charge in [-0.25, -0.2) is 9.67 Å². The van der Waals surface area contributed by atoms with Crippen LogP contribution in [0.5, 0.6) is 5.88 Å². The van der Waals surface area contributed by atoms with Crippen molar-refractivity contribution in [1.82, 2.24) is 19.7 Å². The van der Waals surface area contributed by atoms with Gasteiger partial charge in [0.1, 0.15) is 5.39 Å². The zero-order valence-corrected chi connectivity index (χ0v) is 18.4. The van der Waals surface area contributed by atoms with Crippen LogP contribution in [0.15, 0.2) is 65.7 Å². The highest BCUT2D eigenvalue weighted by atomic mass is 35.5. The maximum atomic E-state index is 6.20. The van der Waals surface area contributed by atoms with Crippen LogP contribution in [0.25, 0.3) is 11.0 Å². The Morgan fingerprint density at radius 3 is 2.31 bits per heavy atom. The molecule has 1 atom stereocenters. The molecular formula is C24H22ClN5O2. The second-order valence-electron chi connectivity index (χ2n) is 7.48. The van der Waals surface area contributed by atoms with E-state index in [2.05, 4.69) is 9.97 Å². The van der Waals surface area contributed by atoms with Gasteiger partial charge in [0, 0.05) is 17.7 Å². The first-order valence-corrected chi connectivity index (χ1v) is 10.9. The largest absolute Gasteiger partial charge is 0.480 e. The third-order valence-corrected chi connectivity index (χ3v) is 5.58. The van der Waals surface area contributed by atoms with Gasteiger partial charge in [-0.2, -0.15) is 9.97 Å². The van der Waals surface area contributed by atoms with Crippen LogP contribution in [-0.4, -0.2) is 39.2 Å². The molecule has 2 aromatic carbocycles. The van der Waals surface area contributed by atoms with E-state index in [1.807, 2.05) is 60.7 Å². The molecule has 8 heteroatoms. The van der Waals surface area contributed by atoms with Crippen molar-refractivity contribution in [3.8, 4) is 5.88 Å². The van der Waals surface area contributed by atoms with Crippen molar-refractivity contribution in [2.45, 2.75) is 25.5 Å². The number of fused-ring (bicyclic) bond motifs is 1. The van der Waals surface area contributed by atoms with Crippen molar-refractivity contribution < 1.29 is 9.47 Å². The minimum Gasteiger partial charge on any atom is -0.480 e. The molecule has 0 saturated carbocycles. The quantitative estimate of drug-likeness (QED) is 0.304. The highest BCUT2D eigenvalue weighted by Crippen LogP contribution is 2.36. The minimum absolute atomic E-state index is 0.0909. The lowest BCUT2D eigenvalue weighted by Gasteiger charge is -2.22. The predicted octanol–water partition coefficient (Wildman–Crippen LogP) is 5.36. The van der Waals surface area contributed by atoms with E-state index in [1.54, 1.807) is 11.8 Å². The molecule has 0 spiro atoms. The van der Waals surface area contributed by atoms with Gasteiger partial charge >= 0.3 is 0 Å². The van der Waals surface area contributed by atoms with E-state index in [0.29, 0.717) is 29.3 Å². The summed E-state index contributed by atoms with van der Waals surface area (Å²) in [6.45, 7) is 0.680. The number of ether oxygens (including phenoxy) is 2. The SMILES string of the molecule is COc1nc(Cl)nc2c1c(N=C(c1ccccc1)c1ccccc1)nn2C1CCCCO1. The summed E-state index contributed by atoms with van der Waals surface area (Å²) in [5, 5.41) is 5.51. The molecule has 1 aliphatic heterocycles. The first-order valence-electron chi connectivity index (χ1n) is 10.6. The Hall–Kier alpha value is -3.29. The van der Waals surface area contributed by atoms with E-state index in [-0.39, 0.29) is 11.5 Å². The Balaban J connectivity index is 1.75. The summed E-state index contributed by atoms with van der Waals surface area (Å²) < 4.78 is 13.3. The number of aliphatic imine (C=N–C) groups is 1. The summed E-state index contributed by atoms with van der Waals surface area (Å²) in [5.74, 6) is 0.798. The molecule has 0 amide bonds. The normalized spacial score (nSPS) is 16.1. The lowest BCUT2D eigenvalue weighted by molar-refractivity contribution is -0.0368. The molecule has 3 heterocycles. The molecule has 0 bridgehead atoms. The zero-order chi connectivity index (χ0) is 21.9. The number of methoxy groups -OCH3 is 1. The number of hydrogen-bond donors (Lipinski definition) is 0. The molecular weight excluding hydrogens is 426 g/mol. The first kappa shape index (κ1) is 20.6. The molecule has 5 rings (SSSR count). The monoisotopic (exact) mass is 447 g/mol. The van der Waals surface area contributed by atoms with E-state index in [4.69, 9.17) is 31.2 Å². The van der Waals surface area contributed by atoms with Crippen LogP contribution in [-0.2, 0) is 4.74 Å². The first-order chi connectivity index (χ1) is 15.7. The van der Waals surface area contributed by atoms with Crippen molar-refractivity contribution in [1.29, 1.82) is 0 Å². The molecule has 1 fully saturated rings. The Morgan fingerprint density at radius 1 is 1.03 bits per heavy atom. The van der Waals surface area contributed by atoms with Crippen molar-refractivity contribution in [3.05, 3.63) is 77.1 Å². The van der Waals surface area contributed by atoms with Crippen LogP contribution >= 0.6 is 11.6 Å². The number of hydrogen-bond acceptors (Lipinski definition) is 6. The van der Waals surface area contributed by atoms with Gasteiger partial charge in [0.15, 0.2) is 17.7 Å². The third-order valence-electron chi connectivity index (χ3n) is 5.41. The summed E-state index contributed by atoms with van der Waals surface area (Å²) in [6.07, 6.45) is 2.70. The van der Waals surface area contributed by atoms with Crippen molar-refractivity contribution in [2.75, 3.05) is 13.7 Å². The van der Waals surface area contributed by atoms with Crippen molar-refractivity contribution in [3.63, 3.8) is 0 Å². The minimum atomic E-state index is -0.234. The second-order valence-corrected chi connectivity index (χ2v) is 7.82. The van der Waals surface area contributed by atoms with Crippen molar-refractivity contribution >= 4 is 34.2 Å². The molecule has 0 N–H and O–H groups in total. The van der Waals surface area contributed by atoms with Gasteiger partial charge in [-0.15, -0.1) is 5.10 Å². The topological polar surface area (TPSA) is 74.4 Å². The van der Waals surface area contributed by atoms with Crippen LogP contribution in [0.4, 0.5) is 5.82 Å². The van der Waals surface area contributed by atoms with Gasteiger partial charge in [0.25, 0.3) is 0 Å². The summed E-state index contributed by atoms with van der Waals surface area (Å²) >= 11 is 6.20. The Bertz CT molecular complexity index is 1210. The van der Waals surface area contributed by atoms with Gasteiger partial charge in [0.05, 0.1) is 12.8 Å². The van der Waals surface area contributed by atoms with Crippen LogP contribution in [0, 0.1) is 0 Å². The number of rotatable bonds is 5. The number of nitrogens with zero attached hydrogens (tertiary/aromatic N) is 5. The van der Waals surface area contributed by atoms with E-state index >= 15 is 0 Å². The van der Waals surface area contributed by atoms with E-state index in [0.717, 1.165) is 36.1 Å². The van der Waals surface area contributed by atoms with Crippen LogP contribution in [0.1, 0.15) is 36.6 Å². The molecule has 0 aliphatic carbocycles. The average molecular weight is 448 g/mol. The molecule has 162 valence electrons. The number of aromatic nitrogens is 4. The zero-order valence-electron chi connectivity index (χ0n) is 17.6. The molecule has 1 aliphatic rings. The van der Waals surface area contributed by atoms with Gasteiger partial charge in [-0.1, -0.05) is 60.7 Å². The highest BCUT2D eigenvalue weighted by Gasteiger charge is 2.26. The fourth-order valence-corrected chi connectivity index (χ4v) is 4.06. The third kappa shape index (κ3) is 3.97. The van der Waals surface area contributed by atoms with E-state index in [1.165, 1.54) is 0 Å². The number of halogens is 1. The molecule has 1 saturated heterocycles.